The molecule has 2 heteroatoms. The van der Waals surface area contributed by atoms with Crippen molar-refractivity contribution in [1.29, 1.82) is 0 Å². The number of hydrogen-bond donors (Lipinski definition) is 0. The molecule has 0 heterocycles. The van der Waals surface area contributed by atoms with Gasteiger partial charge in [-0.2, -0.15) is 0 Å². The lowest BCUT2D eigenvalue weighted by molar-refractivity contribution is -0.119. The van der Waals surface area contributed by atoms with E-state index in [2.05, 4.69) is 6.92 Å². The van der Waals surface area contributed by atoms with E-state index in [4.69, 9.17) is 0 Å². The van der Waals surface area contributed by atoms with Crippen molar-refractivity contribution in [2.45, 2.75) is 162 Å². The Balaban J connectivity index is 3.16. The highest BCUT2D eigenvalue weighted by Crippen LogP contribution is 2.14. The molecule has 0 aliphatic heterocycles. The monoisotopic (exact) mass is 408 g/mol. The van der Waals surface area contributed by atoms with Gasteiger partial charge >= 0.3 is 0 Å². The maximum Gasteiger partial charge on any atom is 0.132 e. The summed E-state index contributed by atoms with van der Waals surface area (Å²) in [6, 6.07) is 0. The lowest BCUT2D eigenvalue weighted by Gasteiger charge is -2.04. The molecule has 0 bridgehead atoms. The highest BCUT2D eigenvalue weighted by atomic mass is 16.1. The molecule has 0 aliphatic carbocycles. The summed E-state index contributed by atoms with van der Waals surface area (Å²) >= 11 is 0. The second kappa shape index (κ2) is 23.6. The summed E-state index contributed by atoms with van der Waals surface area (Å²) < 4.78 is 0. The third-order valence-corrected chi connectivity index (χ3v) is 6.04. The summed E-state index contributed by atoms with van der Waals surface area (Å²) in [6.07, 6.45) is 28.2. The molecule has 0 saturated carbocycles. The SMILES string of the molecule is CCCCCCCCCCCCCC(=O)CCCCCCCCCCCC(C)=O. The molecule has 0 aromatic rings. The Morgan fingerprint density at radius 3 is 1.00 bits per heavy atom. The zero-order valence-corrected chi connectivity index (χ0v) is 20.1. The Hall–Kier alpha value is -0.660. The van der Waals surface area contributed by atoms with Crippen LogP contribution < -0.4 is 0 Å². The van der Waals surface area contributed by atoms with Gasteiger partial charge in [-0.3, -0.25) is 4.79 Å². The number of unbranched alkanes of at least 4 members (excludes halogenated alkanes) is 18. The Bertz CT molecular complexity index is 362. The van der Waals surface area contributed by atoms with Crippen LogP contribution in [0.4, 0.5) is 0 Å². The Kier molecular flexibility index (Phi) is 23.1. The van der Waals surface area contributed by atoms with Gasteiger partial charge in [-0.05, 0) is 26.2 Å². The third-order valence-electron chi connectivity index (χ3n) is 6.04. The lowest BCUT2D eigenvalue weighted by Crippen LogP contribution is -1.97. The first-order chi connectivity index (χ1) is 14.2. The third kappa shape index (κ3) is 25.3. The first-order valence-electron chi connectivity index (χ1n) is 13.2. The van der Waals surface area contributed by atoms with Crippen LogP contribution in [0.2, 0.25) is 0 Å². The number of hydrogen-bond acceptors (Lipinski definition) is 2. The van der Waals surface area contributed by atoms with Crippen LogP contribution in [0.15, 0.2) is 0 Å². The second-order valence-corrected chi connectivity index (χ2v) is 9.21. The molecule has 0 aliphatic rings. The van der Waals surface area contributed by atoms with Crippen LogP contribution in [0.5, 0.6) is 0 Å². The topological polar surface area (TPSA) is 34.1 Å². The number of ketones is 2. The van der Waals surface area contributed by atoms with Crippen molar-refractivity contribution in [3.8, 4) is 0 Å². The van der Waals surface area contributed by atoms with E-state index in [-0.39, 0.29) is 0 Å². The molecule has 0 saturated heterocycles. The average Bonchev–Trinajstić information content (AvgIpc) is 2.70. The van der Waals surface area contributed by atoms with Crippen LogP contribution >= 0.6 is 0 Å². The molecule has 29 heavy (non-hydrogen) atoms. The number of rotatable bonds is 24. The van der Waals surface area contributed by atoms with Crippen LogP contribution in [0, 0.1) is 0 Å². The first kappa shape index (κ1) is 28.3. The van der Waals surface area contributed by atoms with Crippen LogP contribution in [0.25, 0.3) is 0 Å². The van der Waals surface area contributed by atoms with Gasteiger partial charge in [0.1, 0.15) is 11.6 Å². The van der Waals surface area contributed by atoms with Gasteiger partial charge < -0.3 is 4.79 Å². The highest BCUT2D eigenvalue weighted by Gasteiger charge is 2.02. The van der Waals surface area contributed by atoms with E-state index in [0.29, 0.717) is 11.6 Å². The molecule has 0 amide bonds. The minimum atomic E-state index is 0.322. The van der Waals surface area contributed by atoms with Crippen molar-refractivity contribution in [2.75, 3.05) is 0 Å². The van der Waals surface area contributed by atoms with Crippen molar-refractivity contribution >= 4 is 11.6 Å². The molecule has 0 rings (SSSR count). The minimum Gasteiger partial charge on any atom is -0.300 e. The van der Waals surface area contributed by atoms with Gasteiger partial charge in [0.05, 0.1) is 0 Å². The fourth-order valence-electron chi connectivity index (χ4n) is 4.04. The maximum atomic E-state index is 12.0. The maximum absolute atomic E-state index is 12.0. The lowest BCUT2D eigenvalue weighted by atomic mass is 10.0. The summed E-state index contributed by atoms with van der Waals surface area (Å²) in [4.78, 5) is 22.8. The van der Waals surface area contributed by atoms with Gasteiger partial charge in [0.25, 0.3) is 0 Å². The van der Waals surface area contributed by atoms with Gasteiger partial charge in [-0.1, -0.05) is 116 Å². The van der Waals surface area contributed by atoms with Crippen molar-refractivity contribution in [2.24, 2.45) is 0 Å². The van der Waals surface area contributed by atoms with E-state index >= 15 is 0 Å². The predicted molar refractivity (Wildman–Crippen MR) is 128 cm³/mol. The molecule has 0 radical (unpaired) electrons. The highest BCUT2D eigenvalue weighted by molar-refractivity contribution is 5.78. The van der Waals surface area contributed by atoms with E-state index < -0.39 is 0 Å². The van der Waals surface area contributed by atoms with Crippen LogP contribution in [0.3, 0.4) is 0 Å². The Morgan fingerprint density at radius 2 is 0.690 bits per heavy atom. The molecule has 0 fully saturated rings. The zero-order valence-electron chi connectivity index (χ0n) is 20.1. The fourth-order valence-corrected chi connectivity index (χ4v) is 4.04. The van der Waals surface area contributed by atoms with E-state index in [9.17, 15) is 9.59 Å². The summed E-state index contributed by atoms with van der Waals surface area (Å²) in [6.45, 7) is 3.96. The van der Waals surface area contributed by atoms with Gasteiger partial charge in [0.15, 0.2) is 0 Å². The summed E-state index contributed by atoms with van der Waals surface area (Å²) in [5, 5.41) is 0. The zero-order chi connectivity index (χ0) is 21.4. The molecule has 0 N–H and O–H groups in total. The number of carbonyl (C=O) groups excluding carboxylic acids is 2. The molecular formula is C27H52O2. The first-order valence-corrected chi connectivity index (χ1v) is 13.2. The summed E-state index contributed by atoms with van der Waals surface area (Å²) in [5.74, 6) is 0.814. The smallest absolute Gasteiger partial charge is 0.132 e. The molecule has 0 aromatic carbocycles. The van der Waals surface area contributed by atoms with Crippen molar-refractivity contribution in [3.63, 3.8) is 0 Å². The average molecular weight is 409 g/mol. The molecule has 0 unspecified atom stereocenters. The molecule has 0 spiro atoms. The fraction of sp³-hybridized carbons (Fsp3) is 0.926. The molecule has 0 atom stereocenters. The Morgan fingerprint density at radius 1 is 0.414 bits per heavy atom. The van der Waals surface area contributed by atoms with E-state index in [1.54, 1.807) is 6.92 Å². The Labute approximate surface area is 183 Å². The van der Waals surface area contributed by atoms with E-state index in [0.717, 1.165) is 38.5 Å². The van der Waals surface area contributed by atoms with Crippen molar-refractivity contribution in [1.82, 2.24) is 0 Å². The molecule has 0 aromatic heterocycles. The molecular weight excluding hydrogens is 356 g/mol. The van der Waals surface area contributed by atoms with E-state index in [1.165, 1.54) is 109 Å². The number of Topliss-reactive ketones (excluding diaryl/α,β-unsaturated/α-hetero) is 2. The van der Waals surface area contributed by atoms with Gasteiger partial charge in [-0.15, -0.1) is 0 Å². The van der Waals surface area contributed by atoms with Crippen molar-refractivity contribution in [3.05, 3.63) is 0 Å². The molecule has 172 valence electrons. The largest absolute Gasteiger partial charge is 0.300 e. The summed E-state index contributed by atoms with van der Waals surface area (Å²) in [5.41, 5.74) is 0. The standard InChI is InChI=1S/C27H52O2/c1-3-4-5-6-7-8-9-12-15-18-21-24-27(29)25-22-19-16-13-10-11-14-17-20-23-26(2)28/h3-25H2,1-2H3. The number of carbonyl (C=O) groups is 2. The van der Waals surface area contributed by atoms with Gasteiger partial charge in [-0.25, -0.2) is 0 Å². The van der Waals surface area contributed by atoms with Gasteiger partial charge in [0, 0.05) is 19.3 Å². The second-order valence-electron chi connectivity index (χ2n) is 9.21. The van der Waals surface area contributed by atoms with Crippen molar-refractivity contribution < 1.29 is 9.59 Å². The minimum absolute atomic E-state index is 0.322. The van der Waals surface area contributed by atoms with E-state index in [1.807, 2.05) is 0 Å². The normalized spacial score (nSPS) is 11.1. The summed E-state index contributed by atoms with van der Waals surface area (Å²) in [7, 11) is 0. The van der Waals surface area contributed by atoms with Crippen LogP contribution in [-0.4, -0.2) is 11.6 Å². The van der Waals surface area contributed by atoms with Crippen LogP contribution in [0.1, 0.15) is 162 Å². The predicted octanol–water partition coefficient (Wildman–Crippen LogP) is 9.14. The molecule has 2 nitrogen and oxygen atoms in total. The van der Waals surface area contributed by atoms with Gasteiger partial charge in [0.2, 0.25) is 0 Å². The van der Waals surface area contributed by atoms with Crippen LogP contribution in [-0.2, 0) is 9.59 Å². The quantitative estimate of drug-likeness (QED) is 0.149.